The molecular formula is C14H14F3NO3. The summed E-state index contributed by atoms with van der Waals surface area (Å²) in [5.74, 6) is -5.83. The van der Waals surface area contributed by atoms with Crippen LogP contribution in [-0.4, -0.2) is 35.0 Å². The van der Waals surface area contributed by atoms with Gasteiger partial charge in [-0.1, -0.05) is 0 Å². The second-order valence-electron chi connectivity index (χ2n) is 5.09. The first-order valence-electron chi connectivity index (χ1n) is 6.54. The van der Waals surface area contributed by atoms with Crippen LogP contribution in [0.25, 0.3) is 0 Å². The highest BCUT2D eigenvalue weighted by Crippen LogP contribution is 2.23. The lowest BCUT2D eigenvalue weighted by molar-refractivity contribution is -0.137. The van der Waals surface area contributed by atoms with Gasteiger partial charge in [0, 0.05) is 25.1 Å². The Kier molecular flexibility index (Phi) is 4.50. The van der Waals surface area contributed by atoms with Gasteiger partial charge in [0.25, 0.3) is 5.91 Å². The molecule has 1 aliphatic heterocycles. The zero-order valence-corrected chi connectivity index (χ0v) is 11.1. The fourth-order valence-corrected chi connectivity index (χ4v) is 2.44. The molecule has 1 aromatic carbocycles. The maximum Gasteiger partial charge on any atom is 0.303 e. The quantitative estimate of drug-likeness (QED) is 0.869. The van der Waals surface area contributed by atoms with Gasteiger partial charge in [-0.3, -0.25) is 9.59 Å². The Labute approximate surface area is 119 Å². The highest BCUT2D eigenvalue weighted by Gasteiger charge is 2.28. The van der Waals surface area contributed by atoms with Gasteiger partial charge in [0.15, 0.2) is 17.5 Å². The average Bonchev–Trinajstić information content (AvgIpc) is 2.90. The van der Waals surface area contributed by atoms with E-state index in [1.165, 1.54) is 4.90 Å². The summed E-state index contributed by atoms with van der Waals surface area (Å²) in [7, 11) is 0. The van der Waals surface area contributed by atoms with Gasteiger partial charge in [0.2, 0.25) is 0 Å². The number of halogens is 3. The molecular weight excluding hydrogens is 287 g/mol. The Morgan fingerprint density at radius 2 is 1.86 bits per heavy atom. The molecule has 1 fully saturated rings. The van der Waals surface area contributed by atoms with E-state index in [9.17, 15) is 22.8 Å². The standard InChI is InChI=1S/C14H14F3NO3/c15-10-5-9(6-11(16)13(10)17)14(21)18-4-3-8(7-18)1-2-12(19)20/h5-6,8H,1-4,7H2,(H,19,20). The van der Waals surface area contributed by atoms with Crippen LogP contribution in [0.4, 0.5) is 13.2 Å². The zero-order valence-electron chi connectivity index (χ0n) is 11.1. The Morgan fingerprint density at radius 3 is 2.43 bits per heavy atom. The molecule has 1 aliphatic rings. The van der Waals surface area contributed by atoms with Gasteiger partial charge in [-0.15, -0.1) is 0 Å². The van der Waals surface area contributed by atoms with Gasteiger partial charge < -0.3 is 10.0 Å². The molecule has 7 heteroatoms. The first-order valence-corrected chi connectivity index (χ1v) is 6.54. The SMILES string of the molecule is O=C(O)CCC1CCN(C(=O)c2cc(F)c(F)c(F)c2)C1. The normalized spacial score (nSPS) is 18.0. The molecule has 4 nitrogen and oxygen atoms in total. The summed E-state index contributed by atoms with van der Waals surface area (Å²) in [5.41, 5.74) is -0.245. The summed E-state index contributed by atoms with van der Waals surface area (Å²) < 4.78 is 39.1. The minimum absolute atomic E-state index is 0.0203. The molecule has 2 rings (SSSR count). The van der Waals surface area contributed by atoms with E-state index in [4.69, 9.17) is 5.11 Å². The van der Waals surface area contributed by atoms with Crippen LogP contribution < -0.4 is 0 Å². The van der Waals surface area contributed by atoms with Crippen LogP contribution in [0, 0.1) is 23.4 Å². The summed E-state index contributed by atoms with van der Waals surface area (Å²) in [6.45, 7) is 0.733. The van der Waals surface area contributed by atoms with Crippen molar-refractivity contribution in [1.82, 2.24) is 4.90 Å². The number of carbonyl (C=O) groups excluding carboxylic acids is 1. The molecule has 1 heterocycles. The number of carboxylic acids is 1. The summed E-state index contributed by atoms with van der Waals surface area (Å²) in [6.07, 6.45) is 1.11. The van der Waals surface area contributed by atoms with Crippen LogP contribution >= 0.6 is 0 Å². The smallest absolute Gasteiger partial charge is 0.303 e. The minimum atomic E-state index is -1.60. The highest BCUT2D eigenvalue weighted by atomic mass is 19.2. The molecule has 1 aromatic rings. The molecule has 0 bridgehead atoms. The second kappa shape index (κ2) is 6.15. The maximum absolute atomic E-state index is 13.1. The Morgan fingerprint density at radius 1 is 1.24 bits per heavy atom. The molecule has 114 valence electrons. The van der Waals surface area contributed by atoms with Gasteiger partial charge in [-0.25, -0.2) is 13.2 Å². The van der Waals surface area contributed by atoms with Gasteiger partial charge in [-0.05, 0) is 30.9 Å². The van der Waals surface area contributed by atoms with Crippen molar-refractivity contribution in [2.24, 2.45) is 5.92 Å². The predicted octanol–water partition coefficient (Wildman–Crippen LogP) is 2.43. The van der Waals surface area contributed by atoms with E-state index in [2.05, 4.69) is 0 Å². The van der Waals surface area contributed by atoms with Crippen molar-refractivity contribution in [3.8, 4) is 0 Å². The van der Waals surface area contributed by atoms with Crippen LogP contribution in [-0.2, 0) is 4.79 Å². The van der Waals surface area contributed by atoms with E-state index < -0.39 is 29.3 Å². The lowest BCUT2D eigenvalue weighted by atomic mass is 10.0. The van der Waals surface area contributed by atoms with E-state index in [0.717, 1.165) is 0 Å². The van der Waals surface area contributed by atoms with Gasteiger partial charge in [0.05, 0.1) is 0 Å². The number of benzene rings is 1. The molecule has 1 unspecified atom stereocenters. The van der Waals surface area contributed by atoms with Crippen molar-refractivity contribution in [3.05, 3.63) is 35.1 Å². The highest BCUT2D eigenvalue weighted by molar-refractivity contribution is 5.94. The Bertz CT molecular complexity index is 554. The number of nitrogens with zero attached hydrogens (tertiary/aromatic N) is 1. The molecule has 0 spiro atoms. The Balaban J connectivity index is 2.03. The molecule has 1 amide bonds. The van der Waals surface area contributed by atoms with E-state index in [0.29, 0.717) is 38.1 Å². The van der Waals surface area contributed by atoms with E-state index >= 15 is 0 Å². The van der Waals surface area contributed by atoms with Crippen molar-refractivity contribution >= 4 is 11.9 Å². The van der Waals surface area contributed by atoms with Crippen molar-refractivity contribution < 1.29 is 27.9 Å². The van der Waals surface area contributed by atoms with E-state index in [1.54, 1.807) is 0 Å². The van der Waals surface area contributed by atoms with Gasteiger partial charge in [-0.2, -0.15) is 0 Å². The van der Waals surface area contributed by atoms with E-state index in [-0.39, 0.29) is 17.9 Å². The summed E-state index contributed by atoms with van der Waals surface area (Å²) in [6, 6.07) is 1.34. The van der Waals surface area contributed by atoms with Crippen LogP contribution in [0.2, 0.25) is 0 Å². The Hall–Kier alpha value is -2.05. The fourth-order valence-electron chi connectivity index (χ4n) is 2.44. The largest absolute Gasteiger partial charge is 0.481 e. The minimum Gasteiger partial charge on any atom is -0.481 e. The van der Waals surface area contributed by atoms with Crippen molar-refractivity contribution in [2.45, 2.75) is 19.3 Å². The number of hydrogen-bond acceptors (Lipinski definition) is 2. The summed E-state index contributed by atoms with van der Waals surface area (Å²) in [4.78, 5) is 24.0. The molecule has 0 radical (unpaired) electrons. The lowest BCUT2D eigenvalue weighted by Gasteiger charge is -2.16. The van der Waals surface area contributed by atoms with Gasteiger partial charge in [0.1, 0.15) is 0 Å². The average molecular weight is 301 g/mol. The van der Waals surface area contributed by atoms with E-state index in [1.807, 2.05) is 0 Å². The van der Waals surface area contributed by atoms with Crippen LogP contribution in [0.3, 0.4) is 0 Å². The monoisotopic (exact) mass is 301 g/mol. The molecule has 1 atom stereocenters. The van der Waals surface area contributed by atoms with Crippen molar-refractivity contribution in [3.63, 3.8) is 0 Å². The molecule has 0 saturated carbocycles. The number of amides is 1. The predicted molar refractivity (Wildman–Crippen MR) is 67.2 cm³/mol. The second-order valence-corrected chi connectivity index (χ2v) is 5.09. The maximum atomic E-state index is 13.1. The van der Waals surface area contributed by atoms with Crippen LogP contribution in [0.1, 0.15) is 29.6 Å². The number of carboxylic acid groups (broad SMARTS) is 1. The topological polar surface area (TPSA) is 57.6 Å². The summed E-state index contributed by atoms with van der Waals surface area (Å²) in [5, 5.41) is 8.61. The van der Waals surface area contributed by atoms with Crippen molar-refractivity contribution in [2.75, 3.05) is 13.1 Å². The zero-order chi connectivity index (χ0) is 15.6. The number of aliphatic carboxylic acids is 1. The fraction of sp³-hybridized carbons (Fsp3) is 0.429. The number of likely N-dealkylation sites (tertiary alicyclic amines) is 1. The molecule has 0 aromatic heterocycles. The molecule has 1 saturated heterocycles. The third-order valence-corrected chi connectivity index (χ3v) is 3.57. The van der Waals surface area contributed by atoms with Crippen LogP contribution in [0.5, 0.6) is 0 Å². The number of hydrogen-bond donors (Lipinski definition) is 1. The van der Waals surface area contributed by atoms with Crippen LogP contribution in [0.15, 0.2) is 12.1 Å². The van der Waals surface area contributed by atoms with Gasteiger partial charge >= 0.3 is 5.97 Å². The first-order chi connectivity index (χ1) is 9.88. The number of rotatable bonds is 4. The summed E-state index contributed by atoms with van der Waals surface area (Å²) >= 11 is 0. The molecule has 21 heavy (non-hydrogen) atoms. The van der Waals surface area contributed by atoms with Crippen molar-refractivity contribution in [1.29, 1.82) is 0 Å². The third-order valence-electron chi connectivity index (χ3n) is 3.57. The molecule has 1 N–H and O–H groups in total. The lowest BCUT2D eigenvalue weighted by Crippen LogP contribution is -2.29. The number of carbonyl (C=O) groups is 2. The third kappa shape index (κ3) is 3.53. The molecule has 0 aliphatic carbocycles. The first kappa shape index (κ1) is 15.3.